The van der Waals surface area contributed by atoms with Gasteiger partial charge in [0, 0.05) is 13.6 Å². The Labute approximate surface area is 113 Å². The fraction of sp³-hybridized carbons (Fsp3) is 0.429. The van der Waals surface area contributed by atoms with E-state index in [9.17, 15) is 14.7 Å². The molecule has 0 aromatic heterocycles. The number of likely N-dealkylation sites (N-methyl/N-ethyl adjacent to an activating group) is 1. The van der Waals surface area contributed by atoms with E-state index in [4.69, 9.17) is 0 Å². The molecule has 1 aromatic carbocycles. The monoisotopic (exact) mass is 264 g/mol. The number of phenols is 1. The maximum atomic E-state index is 12.0. The molecule has 0 saturated carbocycles. The SMILES string of the molecule is CCN(C)C(=O)C(C)NC(=O)c1cc(C)ccc1O. The number of hydrogen-bond donors (Lipinski definition) is 2. The number of benzene rings is 1. The highest BCUT2D eigenvalue weighted by atomic mass is 16.3. The highest BCUT2D eigenvalue weighted by Gasteiger charge is 2.20. The van der Waals surface area contributed by atoms with Gasteiger partial charge in [0.2, 0.25) is 5.91 Å². The van der Waals surface area contributed by atoms with E-state index in [1.54, 1.807) is 26.1 Å². The molecule has 0 saturated heterocycles. The lowest BCUT2D eigenvalue weighted by Gasteiger charge is -2.20. The lowest BCUT2D eigenvalue weighted by Crippen LogP contribution is -2.45. The minimum Gasteiger partial charge on any atom is -0.507 e. The van der Waals surface area contributed by atoms with Crippen molar-refractivity contribution in [2.75, 3.05) is 13.6 Å². The van der Waals surface area contributed by atoms with Crippen LogP contribution in [0.1, 0.15) is 29.8 Å². The van der Waals surface area contributed by atoms with Crippen LogP contribution < -0.4 is 5.32 Å². The van der Waals surface area contributed by atoms with Crippen molar-refractivity contribution in [3.05, 3.63) is 29.3 Å². The van der Waals surface area contributed by atoms with Gasteiger partial charge in [0.1, 0.15) is 11.8 Å². The molecule has 1 rings (SSSR count). The Kier molecular flexibility index (Phi) is 4.92. The summed E-state index contributed by atoms with van der Waals surface area (Å²) in [5.74, 6) is -0.707. The summed E-state index contributed by atoms with van der Waals surface area (Å²) in [6.07, 6.45) is 0. The molecule has 1 unspecified atom stereocenters. The number of phenolic OH excluding ortho intramolecular Hbond substituents is 1. The molecule has 0 bridgehead atoms. The summed E-state index contributed by atoms with van der Waals surface area (Å²) < 4.78 is 0. The summed E-state index contributed by atoms with van der Waals surface area (Å²) in [7, 11) is 1.68. The number of hydrogen-bond acceptors (Lipinski definition) is 3. The maximum Gasteiger partial charge on any atom is 0.255 e. The first-order valence-electron chi connectivity index (χ1n) is 6.22. The van der Waals surface area contributed by atoms with Gasteiger partial charge in [-0.1, -0.05) is 11.6 Å². The van der Waals surface area contributed by atoms with Crippen LogP contribution in [-0.2, 0) is 4.79 Å². The Balaban J connectivity index is 2.80. The quantitative estimate of drug-likeness (QED) is 0.861. The van der Waals surface area contributed by atoms with Crippen LogP contribution in [-0.4, -0.2) is 41.5 Å². The molecule has 0 aliphatic heterocycles. The fourth-order valence-electron chi connectivity index (χ4n) is 1.65. The maximum absolute atomic E-state index is 12.0. The number of nitrogens with one attached hydrogen (secondary N) is 1. The second-order valence-electron chi connectivity index (χ2n) is 4.57. The third-order valence-corrected chi connectivity index (χ3v) is 2.97. The minimum absolute atomic E-state index is 0.0911. The molecule has 1 aromatic rings. The molecular weight excluding hydrogens is 244 g/mol. The van der Waals surface area contributed by atoms with Gasteiger partial charge in [-0.05, 0) is 32.9 Å². The topological polar surface area (TPSA) is 69.6 Å². The predicted molar refractivity (Wildman–Crippen MR) is 73.1 cm³/mol. The van der Waals surface area contributed by atoms with Crippen molar-refractivity contribution in [1.82, 2.24) is 10.2 Å². The average molecular weight is 264 g/mol. The van der Waals surface area contributed by atoms with Gasteiger partial charge in [-0.2, -0.15) is 0 Å². The predicted octanol–water partition coefficient (Wildman–Crippen LogP) is 1.30. The molecule has 0 aliphatic rings. The Morgan fingerprint density at radius 1 is 1.42 bits per heavy atom. The van der Waals surface area contributed by atoms with E-state index >= 15 is 0 Å². The summed E-state index contributed by atoms with van der Waals surface area (Å²) >= 11 is 0. The fourth-order valence-corrected chi connectivity index (χ4v) is 1.65. The first-order chi connectivity index (χ1) is 8.86. The Morgan fingerprint density at radius 3 is 2.63 bits per heavy atom. The number of aryl methyl sites for hydroxylation is 1. The molecule has 5 heteroatoms. The van der Waals surface area contributed by atoms with E-state index < -0.39 is 11.9 Å². The van der Waals surface area contributed by atoms with Crippen LogP contribution in [0.15, 0.2) is 18.2 Å². The molecule has 104 valence electrons. The van der Waals surface area contributed by atoms with Crippen LogP contribution in [0.2, 0.25) is 0 Å². The third-order valence-electron chi connectivity index (χ3n) is 2.97. The Morgan fingerprint density at radius 2 is 2.05 bits per heavy atom. The van der Waals surface area contributed by atoms with E-state index in [1.165, 1.54) is 11.0 Å². The van der Waals surface area contributed by atoms with Crippen molar-refractivity contribution in [1.29, 1.82) is 0 Å². The number of aromatic hydroxyl groups is 1. The molecular formula is C14H20N2O3. The van der Waals surface area contributed by atoms with E-state index in [1.807, 2.05) is 13.8 Å². The van der Waals surface area contributed by atoms with Crippen molar-refractivity contribution < 1.29 is 14.7 Å². The molecule has 0 radical (unpaired) electrons. The lowest BCUT2D eigenvalue weighted by molar-refractivity contribution is -0.131. The number of carbonyl (C=O) groups is 2. The second kappa shape index (κ2) is 6.22. The smallest absolute Gasteiger partial charge is 0.255 e. The van der Waals surface area contributed by atoms with Gasteiger partial charge >= 0.3 is 0 Å². The Hall–Kier alpha value is -2.04. The van der Waals surface area contributed by atoms with Crippen molar-refractivity contribution in [3.63, 3.8) is 0 Å². The largest absolute Gasteiger partial charge is 0.507 e. The normalized spacial score (nSPS) is 11.8. The van der Waals surface area contributed by atoms with Crippen molar-refractivity contribution in [2.24, 2.45) is 0 Å². The molecule has 0 heterocycles. The minimum atomic E-state index is -0.627. The first kappa shape index (κ1) is 15.0. The first-order valence-corrected chi connectivity index (χ1v) is 6.22. The van der Waals surface area contributed by atoms with Gasteiger partial charge in [0.15, 0.2) is 0 Å². The highest BCUT2D eigenvalue weighted by Crippen LogP contribution is 2.18. The van der Waals surface area contributed by atoms with Crippen LogP contribution in [0.25, 0.3) is 0 Å². The molecule has 1 atom stereocenters. The number of carbonyl (C=O) groups excluding carboxylic acids is 2. The van der Waals surface area contributed by atoms with Crippen LogP contribution in [0.4, 0.5) is 0 Å². The van der Waals surface area contributed by atoms with Crippen LogP contribution in [0.5, 0.6) is 5.75 Å². The van der Waals surface area contributed by atoms with Gasteiger partial charge in [-0.25, -0.2) is 0 Å². The summed E-state index contributed by atoms with van der Waals surface area (Å²) in [5.41, 5.74) is 1.05. The Bertz CT molecular complexity index is 486. The average Bonchev–Trinajstić information content (AvgIpc) is 2.39. The zero-order chi connectivity index (χ0) is 14.6. The van der Waals surface area contributed by atoms with Crippen LogP contribution in [0.3, 0.4) is 0 Å². The van der Waals surface area contributed by atoms with Crippen LogP contribution in [0, 0.1) is 6.92 Å². The number of amides is 2. The highest BCUT2D eigenvalue weighted by molar-refractivity contribution is 5.99. The van der Waals surface area contributed by atoms with Gasteiger partial charge in [0.25, 0.3) is 5.91 Å². The molecule has 0 spiro atoms. The van der Waals surface area contributed by atoms with E-state index in [2.05, 4.69) is 5.32 Å². The molecule has 5 nitrogen and oxygen atoms in total. The number of nitrogens with zero attached hydrogens (tertiary/aromatic N) is 1. The number of rotatable bonds is 4. The summed E-state index contributed by atoms with van der Waals surface area (Å²) in [4.78, 5) is 25.4. The molecule has 0 aliphatic carbocycles. The van der Waals surface area contributed by atoms with Crippen molar-refractivity contribution >= 4 is 11.8 Å². The van der Waals surface area contributed by atoms with Crippen molar-refractivity contribution in [3.8, 4) is 5.75 Å². The van der Waals surface area contributed by atoms with Crippen LogP contribution >= 0.6 is 0 Å². The summed E-state index contributed by atoms with van der Waals surface area (Å²) in [5, 5.41) is 12.2. The van der Waals surface area contributed by atoms with E-state index in [0.717, 1.165) is 5.56 Å². The molecule has 2 amide bonds. The summed E-state index contributed by atoms with van der Waals surface area (Å²) in [6, 6.07) is 4.14. The molecule has 2 N–H and O–H groups in total. The van der Waals surface area contributed by atoms with Gasteiger partial charge < -0.3 is 15.3 Å². The zero-order valence-corrected chi connectivity index (χ0v) is 11.7. The lowest BCUT2D eigenvalue weighted by atomic mass is 10.1. The standard InChI is InChI=1S/C14H20N2O3/c1-5-16(4)14(19)10(3)15-13(18)11-8-9(2)6-7-12(11)17/h6-8,10,17H,5H2,1-4H3,(H,15,18). The summed E-state index contributed by atoms with van der Waals surface area (Å²) in [6.45, 7) is 5.89. The van der Waals surface area contributed by atoms with E-state index in [0.29, 0.717) is 6.54 Å². The van der Waals surface area contributed by atoms with Gasteiger partial charge in [-0.3, -0.25) is 9.59 Å². The van der Waals surface area contributed by atoms with Gasteiger partial charge in [-0.15, -0.1) is 0 Å². The molecule has 19 heavy (non-hydrogen) atoms. The van der Waals surface area contributed by atoms with E-state index in [-0.39, 0.29) is 17.2 Å². The second-order valence-corrected chi connectivity index (χ2v) is 4.57. The third kappa shape index (κ3) is 3.71. The molecule has 0 fully saturated rings. The zero-order valence-electron chi connectivity index (χ0n) is 11.7. The van der Waals surface area contributed by atoms with Crippen molar-refractivity contribution in [2.45, 2.75) is 26.8 Å². The van der Waals surface area contributed by atoms with Gasteiger partial charge in [0.05, 0.1) is 5.56 Å².